The standard InChI is InChI=1S/C19H22N4O3/c1-13-16(14(2)24)10-20-19(21-13)23-7-5-22(6-8-23)11-15-3-4-17-18(9-15)26-12-25-17/h3-4,9-10H,5-8,11-12H2,1-2H3. The van der Waals surface area contributed by atoms with Crippen LogP contribution >= 0.6 is 0 Å². The number of anilines is 1. The van der Waals surface area contributed by atoms with Gasteiger partial charge in [-0.15, -0.1) is 0 Å². The molecule has 1 aromatic heterocycles. The van der Waals surface area contributed by atoms with E-state index in [0.29, 0.717) is 18.3 Å². The molecule has 4 rings (SSSR count). The molecule has 2 aromatic rings. The number of Topliss-reactive ketones (excluding diaryl/α,β-unsaturated/α-hetero) is 1. The van der Waals surface area contributed by atoms with Crippen LogP contribution in [0.1, 0.15) is 28.5 Å². The van der Waals surface area contributed by atoms with Gasteiger partial charge in [-0.1, -0.05) is 6.07 Å². The highest BCUT2D eigenvalue weighted by molar-refractivity contribution is 5.94. The molecule has 0 spiro atoms. The van der Waals surface area contributed by atoms with Gasteiger partial charge in [0, 0.05) is 38.9 Å². The summed E-state index contributed by atoms with van der Waals surface area (Å²) in [5.74, 6) is 2.36. The van der Waals surface area contributed by atoms with Gasteiger partial charge >= 0.3 is 0 Å². The fourth-order valence-electron chi connectivity index (χ4n) is 3.36. The van der Waals surface area contributed by atoms with Crippen molar-refractivity contribution in [2.75, 3.05) is 37.9 Å². The minimum Gasteiger partial charge on any atom is -0.454 e. The summed E-state index contributed by atoms with van der Waals surface area (Å²) in [4.78, 5) is 25.0. The van der Waals surface area contributed by atoms with E-state index in [1.165, 1.54) is 5.56 Å². The fourth-order valence-corrected chi connectivity index (χ4v) is 3.36. The first kappa shape index (κ1) is 16.8. The zero-order chi connectivity index (χ0) is 18.1. The van der Waals surface area contributed by atoms with Gasteiger partial charge in [0.25, 0.3) is 0 Å². The van der Waals surface area contributed by atoms with Crippen molar-refractivity contribution in [1.82, 2.24) is 14.9 Å². The molecule has 2 aliphatic rings. The number of fused-ring (bicyclic) bond motifs is 1. The molecule has 0 bridgehead atoms. The Balaban J connectivity index is 1.37. The first-order valence-electron chi connectivity index (χ1n) is 8.80. The lowest BCUT2D eigenvalue weighted by atomic mass is 10.1. The van der Waals surface area contributed by atoms with Crippen LogP contribution in [-0.4, -0.2) is 53.6 Å². The molecule has 26 heavy (non-hydrogen) atoms. The zero-order valence-electron chi connectivity index (χ0n) is 15.1. The van der Waals surface area contributed by atoms with Gasteiger partial charge in [0.05, 0.1) is 11.3 Å². The number of benzene rings is 1. The van der Waals surface area contributed by atoms with Crippen molar-refractivity contribution in [3.8, 4) is 11.5 Å². The average Bonchev–Trinajstić information content (AvgIpc) is 3.10. The third kappa shape index (κ3) is 3.35. The number of nitrogens with zero attached hydrogens (tertiary/aromatic N) is 4. The number of hydrogen-bond acceptors (Lipinski definition) is 7. The number of carbonyl (C=O) groups is 1. The van der Waals surface area contributed by atoms with E-state index in [-0.39, 0.29) is 5.78 Å². The number of ketones is 1. The Morgan fingerprint density at radius 3 is 2.65 bits per heavy atom. The van der Waals surface area contributed by atoms with Gasteiger partial charge in [-0.3, -0.25) is 9.69 Å². The van der Waals surface area contributed by atoms with E-state index in [1.54, 1.807) is 13.1 Å². The van der Waals surface area contributed by atoms with Crippen LogP contribution < -0.4 is 14.4 Å². The molecule has 2 aliphatic heterocycles. The minimum atomic E-state index is 0.00240. The summed E-state index contributed by atoms with van der Waals surface area (Å²) < 4.78 is 10.8. The molecule has 0 saturated carbocycles. The van der Waals surface area contributed by atoms with Gasteiger partial charge in [-0.2, -0.15) is 0 Å². The van der Waals surface area contributed by atoms with Gasteiger partial charge < -0.3 is 14.4 Å². The summed E-state index contributed by atoms with van der Waals surface area (Å²) in [5, 5.41) is 0. The normalized spacial score (nSPS) is 16.8. The molecule has 0 amide bonds. The molecule has 7 heteroatoms. The highest BCUT2D eigenvalue weighted by Crippen LogP contribution is 2.32. The van der Waals surface area contributed by atoms with Crippen molar-refractivity contribution in [2.24, 2.45) is 0 Å². The van der Waals surface area contributed by atoms with Crippen molar-refractivity contribution in [3.63, 3.8) is 0 Å². The number of hydrogen-bond donors (Lipinski definition) is 0. The van der Waals surface area contributed by atoms with E-state index in [4.69, 9.17) is 9.47 Å². The van der Waals surface area contributed by atoms with Gasteiger partial charge in [0.15, 0.2) is 17.3 Å². The van der Waals surface area contributed by atoms with Gasteiger partial charge in [0.2, 0.25) is 12.7 Å². The number of rotatable bonds is 4. The monoisotopic (exact) mass is 354 g/mol. The van der Waals surface area contributed by atoms with Gasteiger partial charge in [-0.05, 0) is 31.5 Å². The number of aryl methyl sites for hydroxylation is 1. The topological polar surface area (TPSA) is 67.8 Å². The Hall–Kier alpha value is -2.67. The van der Waals surface area contributed by atoms with Crippen molar-refractivity contribution in [3.05, 3.63) is 41.2 Å². The predicted molar refractivity (Wildman–Crippen MR) is 96.8 cm³/mol. The van der Waals surface area contributed by atoms with Crippen LogP contribution in [0.15, 0.2) is 24.4 Å². The fraction of sp³-hybridized carbons (Fsp3) is 0.421. The number of ether oxygens (including phenoxy) is 2. The maximum atomic E-state index is 11.5. The maximum Gasteiger partial charge on any atom is 0.231 e. The van der Waals surface area contributed by atoms with E-state index in [1.807, 2.05) is 13.0 Å². The van der Waals surface area contributed by atoms with E-state index in [0.717, 1.165) is 49.9 Å². The summed E-state index contributed by atoms with van der Waals surface area (Å²) in [6.07, 6.45) is 1.64. The third-order valence-corrected chi connectivity index (χ3v) is 4.84. The lowest BCUT2D eigenvalue weighted by molar-refractivity contribution is 0.101. The summed E-state index contributed by atoms with van der Waals surface area (Å²) in [5.41, 5.74) is 2.56. The van der Waals surface area contributed by atoms with Crippen molar-refractivity contribution in [1.29, 1.82) is 0 Å². The molecule has 3 heterocycles. The molecule has 0 radical (unpaired) electrons. The van der Waals surface area contributed by atoms with Gasteiger partial charge in [-0.25, -0.2) is 9.97 Å². The molecule has 1 saturated heterocycles. The lowest BCUT2D eigenvalue weighted by Crippen LogP contribution is -2.46. The Kier molecular flexibility index (Phi) is 4.46. The molecule has 1 fully saturated rings. The largest absolute Gasteiger partial charge is 0.454 e. The number of aromatic nitrogens is 2. The summed E-state index contributed by atoms with van der Waals surface area (Å²) >= 11 is 0. The molecule has 7 nitrogen and oxygen atoms in total. The second-order valence-electron chi connectivity index (χ2n) is 6.68. The van der Waals surface area contributed by atoms with Crippen LogP contribution in [0.4, 0.5) is 5.95 Å². The highest BCUT2D eigenvalue weighted by Gasteiger charge is 2.21. The predicted octanol–water partition coefficient (Wildman–Crippen LogP) is 2.04. The Bertz CT molecular complexity index is 832. The lowest BCUT2D eigenvalue weighted by Gasteiger charge is -2.34. The first-order valence-corrected chi connectivity index (χ1v) is 8.80. The molecule has 0 N–H and O–H groups in total. The molecule has 0 atom stereocenters. The van der Waals surface area contributed by atoms with E-state index < -0.39 is 0 Å². The SMILES string of the molecule is CC(=O)c1cnc(N2CCN(Cc3ccc4c(c3)OCO4)CC2)nc1C. The highest BCUT2D eigenvalue weighted by atomic mass is 16.7. The number of piperazine rings is 1. The van der Waals surface area contributed by atoms with Crippen molar-refractivity contribution in [2.45, 2.75) is 20.4 Å². The third-order valence-electron chi connectivity index (χ3n) is 4.84. The van der Waals surface area contributed by atoms with E-state index in [9.17, 15) is 4.79 Å². The Morgan fingerprint density at radius 1 is 1.15 bits per heavy atom. The Morgan fingerprint density at radius 2 is 1.92 bits per heavy atom. The van der Waals surface area contributed by atoms with Crippen molar-refractivity contribution < 1.29 is 14.3 Å². The summed E-state index contributed by atoms with van der Waals surface area (Å²) in [6.45, 7) is 8.19. The second kappa shape index (κ2) is 6.92. The van der Waals surface area contributed by atoms with E-state index >= 15 is 0 Å². The average molecular weight is 354 g/mol. The summed E-state index contributed by atoms with van der Waals surface area (Å²) in [6, 6.07) is 6.12. The molecule has 1 aromatic carbocycles. The van der Waals surface area contributed by atoms with Crippen LogP contribution in [0.25, 0.3) is 0 Å². The van der Waals surface area contributed by atoms with E-state index in [2.05, 4.69) is 31.9 Å². The molecule has 0 unspecified atom stereocenters. The molecule has 136 valence electrons. The summed E-state index contributed by atoms with van der Waals surface area (Å²) in [7, 11) is 0. The van der Waals surface area contributed by atoms with Gasteiger partial charge in [0.1, 0.15) is 0 Å². The van der Waals surface area contributed by atoms with Crippen LogP contribution in [0.3, 0.4) is 0 Å². The van der Waals surface area contributed by atoms with Crippen LogP contribution in [0, 0.1) is 6.92 Å². The quantitative estimate of drug-likeness (QED) is 0.778. The molecular formula is C19H22N4O3. The second-order valence-corrected chi connectivity index (χ2v) is 6.68. The Labute approximate surface area is 152 Å². The molecular weight excluding hydrogens is 332 g/mol. The zero-order valence-corrected chi connectivity index (χ0v) is 15.1. The van der Waals surface area contributed by atoms with Crippen LogP contribution in [-0.2, 0) is 6.54 Å². The number of carbonyl (C=O) groups excluding carboxylic acids is 1. The smallest absolute Gasteiger partial charge is 0.231 e. The first-order chi connectivity index (χ1) is 12.6. The minimum absolute atomic E-state index is 0.00240. The maximum absolute atomic E-state index is 11.5. The molecule has 0 aliphatic carbocycles. The van der Waals surface area contributed by atoms with Crippen LogP contribution in [0.2, 0.25) is 0 Å². The van der Waals surface area contributed by atoms with Crippen molar-refractivity contribution >= 4 is 11.7 Å². The van der Waals surface area contributed by atoms with Crippen LogP contribution in [0.5, 0.6) is 11.5 Å².